The molecule has 3 rings (SSSR count). The second-order valence-electron chi connectivity index (χ2n) is 4.96. The zero-order valence-electron chi connectivity index (χ0n) is 11.9. The molecule has 7 heteroatoms. The van der Waals surface area contributed by atoms with Crippen LogP contribution in [0.3, 0.4) is 0 Å². The van der Waals surface area contributed by atoms with E-state index in [1.807, 2.05) is 37.3 Å². The van der Waals surface area contributed by atoms with E-state index in [4.69, 9.17) is 0 Å². The Morgan fingerprint density at radius 3 is 2.59 bits per heavy atom. The van der Waals surface area contributed by atoms with Crippen molar-refractivity contribution < 1.29 is 8.42 Å². The van der Waals surface area contributed by atoms with Crippen LogP contribution in [0.4, 0.5) is 5.13 Å². The molecule has 0 atom stereocenters. The van der Waals surface area contributed by atoms with E-state index >= 15 is 0 Å². The molecular weight excluding hydrogens is 384 g/mol. The van der Waals surface area contributed by atoms with Gasteiger partial charge in [-0.25, -0.2) is 13.4 Å². The maximum atomic E-state index is 12.6. The minimum absolute atomic E-state index is 0.271. The van der Waals surface area contributed by atoms with Crippen molar-refractivity contribution in [1.82, 2.24) is 4.98 Å². The van der Waals surface area contributed by atoms with Crippen molar-refractivity contribution >= 4 is 52.6 Å². The van der Waals surface area contributed by atoms with Gasteiger partial charge in [-0.3, -0.25) is 4.72 Å². The molecule has 2 aromatic carbocycles. The smallest absolute Gasteiger partial charge is 0.255 e. The van der Waals surface area contributed by atoms with Crippen LogP contribution in [0.2, 0.25) is 0 Å². The molecule has 0 unspecified atom stereocenters. The first kappa shape index (κ1) is 15.5. The third kappa shape index (κ3) is 2.88. The zero-order valence-corrected chi connectivity index (χ0v) is 15.1. The van der Waals surface area contributed by atoms with Crippen LogP contribution in [-0.2, 0) is 10.0 Å². The van der Waals surface area contributed by atoms with E-state index in [-0.39, 0.29) is 4.90 Å². The lowest BCUT2D eigenvalue weighted by Gasteiger charge is -2.10. The lowest BCUT2D eigenvalue weighted by molar-refractivity contribution is 0.600. The summed E-state index contributed by atoms with van der Waals surface area (Å²) in [6, 6.07) is 11.0. The normalized spacial score (nSPS) is 11.8. The van der Waals surface area contributed by atoms with Crippen LogP contribution in [0.5, 0.6) is 0 Å². The van der Waals surface area contributed by atoms with Gasteiger partial charge >= 0.3 is 0 Å². The molecule has 1 heterocycles. The van der Waals surface area contributed by atoms with Crippen LogP contribution in [-0.4, -0.2) is 13.4 Å². The summed E-state index contributed by atoms with van der Waals surface area (Å²) in [7, 11) is -3.65. The Hall–Kier alpha value is -1.44. The van der Waals surface area contributed by atoms with E-state index in [0.29, 0.717) is 10.7 Å². The topological polar surface area (TPSA) is 59.1 Å². The number of aryl methyl sites for hydroxylation is 2. The molecule has 0 amide bonds. The number of nitrogens with zero attached hydrogens (tertiary/aromatic N) is 1. The average Bonchev–Trinajstić information content (AvgIpc) is 2.83. The first-order valence-corrected chi connectivity index (χ1v) is 9.61. The summed E-state index contributed by atoms with van der Waals surface area (Å²) in [5, 5.41) is 0.376. The molecule has 1 aromatic heterocycles. The van der Waals surface area contributed by atoms with Crippen molar-refractivity contribution in [3.05, 3.63) is 52.0 Å². The fraction of sp³-hybridized carbons (Fsp3) is 0.133. The molecule has 0 bridgehead atoms. The number of thiazole rings is 1. The lowest BCUT2D eigenvalue weighted by Crippen LogP contribution is -2.14. The first-order valence-electron chi connectivity index (χ1n) is 6.52. The van der Waals surface area contributed by atoms with Crippen LogP contribution in [0, 0.1) is 13.8 Å². The van der Waals surface area contributed by atoms with E-state index in [1.54, 1.807) is 13.0 Å². The Kier molecular flexibility index (Phi) is 3.96. The van der Waals surface area contributed by atoms with E-state index in [1.165, 1.54) is 11.3 Å². The number of para-hydroxylation sites is 1. The van der Waals surface area contributed by atoms with E-state index in [0.717, 1.165) is 20.3 Å². The van der Waals surface area contributed by atoms with Crippen molar-refractivity contribution in [3.63, 3.8) is 0 Å². The molecule has 0 fully saturated rings. The number of aromatic nitrogens is 1. The summed E-state index contributed by atoms with van der Waals surface area (Å²) in [5.74, 6) is 0. The highest BCUT2D eigenvalue weighted by Gasteiger charge is 2.20. The van der Waals surface area contributed by atoms with Gasteiger partial charge in [-0.2, -0.15) is 0 Å². The average molecular weight is 397 g/mol. The number of hydrogen-bond donors (Lipinski definition) is 1. The maximum absolute atomic E-state index is 12.6. The Bertz CT molecular complexity index is 932. The highest BCUT2D eigenvalue weighted by Crippen LogP contribution is 2.29. The first-order chi connectivity index (χ1) is 10.4. The molecular formula is C15H13BrN2O2S2. The second-order valence-corrected chi connectivity index (χ2v) is 8.49. The quantitative estimate of drug-likeness (QED) is 0.709. The Labute approximate surface area is 141 Å². The summed E-state index contributed by atoms with van der Waals surface area (Å²) >= 11 is 4.73. The van der Waals surface area contributed by atoms with Gasteiger partial charge in [0.2, 0.25) is 0 Å². The molecule has 3 aromatic rings. The number of benzene rings is 2. The fourth-order valence-corrected chi connectivity index (χ4v) is 5.00. The van der Waals surface area contributed by atoms with Crippen molar-refractivity contribution in [1.29, 1.82) is 0 Å². The van der Waals surface area contributed by atoms with Gasteiger partial charge in [0.1, 0.15) is 0 Å². The Morgan fingerprint density at radius 2 is 1.86 bits per heavy atom. The monoisotopic (exact) mass is 396 g/mol. The molecule has 0 saturated heterocycles. The second kappa shape index (κ2) is 5.64. The van der Waals surface area contributed by atoms with Gasteiger partial charge in [-0.1, -0.05) is 39.4 Å². The predicted octanol–water partition coefficient (Wildman–Crippen LogP) is 4.48. The zero-order chi connectivity index (χ0) is 15.9. The highest BCUT2D eigenvalue weighted by atomic mass is 79.9. The van der Waals surface area contributed by atoms with Crippen LogP contribution in [0.15, 0.2) is 45.8 Å². The molecule has 0 aliphatic carbocycles. The van der Waals surface area contributed by atoms with E-state index in [2.05, 4.69) is 25.6 Å². The predicted molar refractivity (Wildman–Crippen MR) is 94.0 cm³/mol. The van der Waals surface area contributed by atoms with Crippen molar-refractivity contribution in [2.75, 3.05) is 4.72 Å². The van der Waals surface area contributed by atoms with E-state index < -0.39 is 10.0 Å². The highest BCUT2D eigenvalue weighted by molar-refractivity contribution is 9.10. The van der Waals surface area contributed by atoms with Gasteiger partial charge < -0.3 is 0 Å². The fourth-order valence-electron chi connectivity index (χ4n) is 2.13. The minimum Gasteiger partial charge on any atom is -0.255 e. The van der Waals surface area contributed by atoms with Crippen LogP contribution in [0.25, 0.3) is 10.2 Å². The summed E-state index contributed by atoms with van der Waals surface area (Å²) in [6.45, 7) is 3.64. The molecule has 0 spiro atoms. The number of nitrogens with one attached hydrogen (secondary N) is 1. The van der Waals surface area contributed by atoms with Gasteiger partial charge in [0.25, 0.3) is 10.0 Å². The number of halogens is 1. The maximum Gasteiger partial charge on any atom is 0.263 e. The van der Waals surface area contributed by atoms with Crippen LogP contribution >= 0.6 is 27.3 Å². The molecule has 114 valence electrons. The summed E-state index contributed by atoms with van der Waals surface area (Å²) in [6.07, 6.45) is 0. The van der Waals surface area contributed by atoms with Gasteiger partial charge in [-0.15, -0.1) is 0 Å². The summed E-state index contributed by atoms with van der Waals surface area (Å²) < 4.78 is 29.6. The minimum atomic E-state index is -3.65. The van der Waals surface area contributed by atoms with E-state index in [9.17, 15) is 8.42 Å². The van der Waals surface area contributed by atoms with Crippen LogP contribution < -0.4 is 4.72 Å². The molecule has 0 aliphatic heterocycles. The van der Waals surface area contributed by atoms with Crippen molar-refractivity contribution in [2.45, 2.75) is 18.7 Å². The van der Waals surface area contributed by atoms with Gasteiger partial charge in [0.05, 0.1) is 15.1 Å². The number of hydrogen-bond acceptors (Lipinski definition) is 4. The van der Waals surface area contributed by atoms with Gasteiger partial charge in [-0.05, 0) is 49.2 Å². The third-order valence-electron chi connectivity index (χ3n) is 3.26. The molecule has 4 nitrogen and oxygen atoms in total. The third-order valence-corrected chi connectivity index (χ3v) is 6.68. The SMILES string of the molecule is Cc1cc(S(=O)(=O)Nc2nc3ccccc3s2)c(C)cc1Br. The van der Waals surface area contributed by atoms with Crippen LogP contribution in [0.1, 0.15) is 11.1 Å². The molecule has 0 saturated carbocycles. The standard InChI is InChI=1S/C15H13BrN2O2S2/c1-9-8-14(10(2)7-11(9)16)22(19,20)18-15-17-12-5-3-4-6-13(12)21-15/h3-8H,1-2H3,(H,17,18). The largest absolute Gasteiger partial charge is 0.263 e. The summed E-state index contributed by atoms with van der Waals surface area (Å²) in [5.41, 5.74) is 2.34. The molecule has 0 aliphatic rings. The Morgan fingerprint density at radius 1 is 1.14 bits per heavy atom. The molecule has 0 radical (unpaired) electrons. The summed E-state index contributed by atoms with van der Waals surface area (Å²) in [4.78, 5) is 4.58. The number of rotatable bonds is 3. The molecule has 22 heavy (non-hydrogen) atoms. The number of sulfonamides is 1. The van der Waals surface area contributed by atoms with Gasteiger partial charge in [0, 0.05) is 4.47 Å². The number of anilines is 1. The molecule has 1 N–H and O–H groups in total. The van der Waals surface area contributed by atoms with Gasteiger partial charge in [0.15, 0.2) is 5.13 Å². The number of fused-ring (bicyclic) bond motifs is 1. The van der Waals surface area contributed by atoms with Crippen molar-refractivity contribution in [2.24, 2.45) is 0 Å². The Balaban J connectivity index is 2.01. The lowest BCUT2D eigenvalue weighted by atomic mass is 10.2. The van der Waals surface area contributed by atoms with Crippen molar-refractivity contribution in [3.8, 4) is 0 Å².